The summed E-state index contributed by atoms with van der Waals surface area (Å²) >= 11 is 1.35. The number of piperidine rings is 1. The van der Waals surface area contributed by atoms with E-state index >= 15 is 0 Å². The number of carbonyl (C=O) groups excluding carboxylic acids is 1. The Morgan fingerprint density at radius 3 is 2.83 bits per heavy atom. The first-order chi connectivity index (χ1) is 11.7. The highest BCUT2D eigenvalue weighted by atomic mass is 32.1. The zero-order chi connectivity index (χ0) is 16.6. The van der Waals surface area contributed by atoms with Crippen molar-refractivity contribution in [3.05, 3.63) is 40.9 Å². The average Bonchev–Trinajstić information content (AvgIpc) is 3.24. The van der Waals surface area contributed by atoms with Crippen molar-refractivity contribution in [2.75, 3.05) is 18.4 Å². The van der Waals surface area contributed by atoms with Crippen LogP contribution >= 0.6 is 11.3 Å². The maximum absolute atomic E-state index is 12.4. The zero-order valence-corrected chi connectivity index (χ0v) is 14.7. The molecule has 5 nitrogen and oxygen atoms in total. The lowest BCUT2D eigenvalue weighted by Gasteiger charge is -2.42. The molecule has 24 heavy (non-hydrogen) atoms. The molecule has 126 valence electrons. The van der Waals surface area contributed by atoms with Crippen molar-refractivity contribution in [3.63, 3.8) is 0 Å². The number of hydrogen-bond donors (Lipinski definition) is 1. The van der Waals surface area contributed by atoms with E-state index in [2.05, 4.69) is 44.7 Å². The van der Waals surface area contributed by atoms with Crippen molar-refractivity contribution in [2.45, 2.75) is 44.1 Å². The topological polar surface area (TPSA) is 58.1 Å². The summed E-state index contributed by atoms with van der Waals surface area (Å²) in [7, 11) is 0. The highest BCUT2D eigenvalue weighted by Crippen LogP contribution is 2.46. The molecule has 4 rings (SSSR count). The summed E-state index contributed by atoms with van der Waals surface area (Å²) in [4.78, 5) is 14.7. The summed E-state index contributed by atoms with van der Waals surface area (Å²) in [6.07, 6.45) is 4.73. The molecule has 0 unspecified atom stereocenters. The summed E-state index contributed by atoms with van der Waals surface area (Å²) in [5.74, 6) is 0.00882. The molecule has 1 aliphatic heterocycles. The first-order valence-corrected chi connectivity index (χ1v) is 9.45. The van der Waals surface area contributed by atoms with E-state index in [9.17, 15) is 4.79 Å². The highest BCUT2D eigenvalue weighted by Gasteiger charge is 2.42. The van der Waals surface area contributed by atoms with Crippen molar-refractivity contribution >= 4 is 22.4 Å². The van der Waals surface area contributed by atoms with Crippen LogP contribution in [-0.4, -0.2) is 40.1 Å². The molecular weight excluding hydrogens is 320 g/mol. The Balaban J connectivity index is 1.40. The monoisotopic (exact) mass is 342 g/mol. The van der Waals surface area contributed by atoms with E-state index in [4.69, 9.17) is 0 Å². The van der Waals surface area contributed by atoms with Crippen LogP contribution in [0.5, 0.6) is 0 Å². The van der Waals surface area contributed by atoms with Crippen LogP contribution in [0.4, 0.5) is 5.13 Å². The van der Waals surface area contributed by atoms with Gasteiger partial charge in [0, 0.05) is 0 Å². The van der Waals surface area contributed by atoms with Crippen molar-refractivity contribution in [3.8, 4) is 0 Å². The molecule has 0 bridgehead atoms. The lowest BCUT2D eigenvalue weighted by atomic mass is 9.73. The van der Waals surface area contributed by atoms with E-state index < -0.39 is 0 Å². The number of nitrogens with zero attached hydrogens (tertiary/aromatic N) is 3. The molecule has 2 aliphatic rings. The van der Waals surface area contributed by atoms with Gasteiger partial charge < -0.3 is 0 Å². The smallest absolute Gasteiger partial charge is 0.243 e. The Bertz CT molecular complexity index is 722. The van der Waals surface area contributed by atoms with E-state index in [1.807, 2.05) is 6.92 Å². The van der Waals surface area contributed by atoms with Crippen LogP contribution in [-0.2, 0) is 16.6 Å². The molecule has 1 fully saturated rings. The van der Waals surface area contributed by atoms with Gasteiger partial charge in [-0.15, -0.1) is 10.2 Å². The van der Waals surface area contributed by atoms with Gasteiger partial charge in [-0.3, -0.25) is 15.0 Å². The second kappa shape index (κ2) is 6.26. The van der Waals surface area contributed by atoms with E-state index in [-0.39, 0.29) is 11.9 Å². The van der Waals surface area contributed by atoms with Gasteiger partial charge >= 0.3 is 0 Å². The van der Waals surface area contributed by atoms with Gasteiger partial charge in [0.05, 0.1) is 6.04 Å². The normalized spacial score (nSPS) is 20.7. The van der Waals surface area contributed by atoms with Gasteiger partial charge in [0.25, 0.3) is 0 Å². The minimum Gasteiger partial charge on any atom is -0.299 e. The van der Waals surface area contributed by atoms with Crippen molar-refractivity contribution in [1.29, 1.82) is 0 Å². The third-order valence-electron chi connectivity index (χ3n) is 5.73. The van der Waals surface area contributed by atoms with Crippen LogP contribution in [0.25, 0.3) is 0 Å². The van der Waals surface area contributed by atoms with Gasteiger partial charge in [0.2, 0.25) is 11.0 Å². The summed E-state index contributed by atoms with van der Waals surface area (Å²) < 4.78 is 0. The highest BCUT2D eigenvalue weighted by molar-refractivity contribution is 7.13. The number of hydrogen-bond acceptors (Lipinski definition) is 5. The SMILES string of the molecule is C[C@H](C(=O)Nc1nncs1)N1CCC2(CCc3ccccc32)CC1. The summed E-state index contributed by atoms with van der Waals surface area (Å²) in [6.45, 7) is 3.93. The lowest BCUT2D eigenvalue weighted by Crippen LogP contribution is -2.49. The molecule has 0 saturated carbocycles. The molecule has 1 aromatic heterocycles. The Morgan fingerprint density at radius 1 is 1.29 bits per heavy atom. The van der Waals surface area contributed by atoms with E-state index in [1.165, 1.54) is 29.7 Å². The molecule has 2 aromatic rings. The fourth-order valence-electron chi connectivity index (χ4n) is 4.23. The van der Waals surface area contributed by atoms with E-state index in [1.54, 1.807) is 11.1 Å². The van der Waals surface area contributed by atoms with Crippen molar-refractivity contribution in [1.82, 2.24) is 15.1 Å². The van der Waals surface area contributed by atoms with Crippen molar-refractivity contribution in [2.24, 2.45) is 0 Å². The molecule has 1 amide bonds. The van der Waals surface area contributed by atoms with Crippen LogP contribution in [0.3, 0.4) is 0 Å². The fourth-order valence-corrected chi connectivity index (χ4v) is 4.67. The first-order valence-electron chi connectivity index (χ1n) is 8.57. The maximum atomic E-state index is 12.4. The molecule has 1 spiro atoms. The standard InChI is InChI=1S/C18H22N4OS/c1-13(16(23)20-17-21-19-12-24-17)22-10-8-18(9-11-22)7-6-14-4-2-3-5-15(14)18/h2-5,12-13H,6-11H2,1H3,(H,20,21,23)/t13-/m1/s1. The van der Waals surface area contributed by atoms with Crippen LogP contribution in [0.1, 0.15) is 37.3 Å². The molecule has 1 N–H and O–H groups in total. The van der Waals surface area contributed by atoms with Crippen molar-refractivity contribution < 1.29 is 4.79 Å². The van der Waals surface area contributed by atoms with Crippen LogP contribution in [0, 0.1) is 0 Å². The number of benzene rings is 1. The molecule has 1 saturated heterocycles. The van der Waals surface area contributed by atoms with Gasteiger partial charge in [0.1, 0.15) is 5.51 Å². The quantitative estimate of drug-likeness (QED) is 0.932. The van der Waals surface area contributed by atoms with E-state index in [0.717, 1.165) is 25.9 Å². The Morgan fingerprint density at radius 2 is 2.08 bits per heavy atom. The predicted molar refractivity (Wildman–Crippen MR) is 95.2 cm³/mol. The molecule has 6 heteroatoms. The number of anilines is 1. The van der Waals surface area contributed by atoms with Crippen LogP contribution in [0.2, 0.25) is 0 Å². The number of carbonyl (C=O) groups is 1. The molecule has 0 radical (unpaired) electrons. The minimum absolute atomic E-state index is 0.00882. The Kier molecular flexibility index (Phi) is 4.10. The number of aryl methyl sites for hydroxylation is 1. The number of amides is 1. The third kappa shape index (κ3) is 2.74. The van der Waals surface area contributed by atoms with Gasteiger partial charge in [-0.2, -0.15) is 0 Å². The van der Waals surface area contributed by atoms with Gasteiger partial charge in [-0.1, -0.05) is 35.6 Å². The summed E-state index contributed by atoms with van der Waals surface area (Å²) in [5.41, 5.74) is 5.04. The second-order valence-electron chi connectivity index (χ2n) is 6.88. The van der Waals surface area contributed by atoms with E-state index in [0.29, 0.717) is 10.5 Å². The molecule has 1 atom stereocenters. The number of rotatable bonds is 3. The van der Waals surface area contributed by atoms with Crippen LogP contribution < -0.4 is 5.32 Å². The first kappa shape index (κ1) is 15.7. The number of aromatic nitrogens is 2. The number of likely N-dealkylation sites (tertiary alicyclic amines) is 1. The molecule has 1 aromatic carbocycles. The third-order valence-corrected chi connectivity index (χ3v) is 6.34. The summed E-state index contributed by atoms with van der Waals surface area (Å²) in [5, 5.41) is 11.1. The summed E-state index contributed by atoms with van der Waals surface area (Å²) in [6, 6.07) is 8.75. The molecule has 2 heterocycles. The zero-order valence-electron chi connectivity index (χ0n) is 13.9. The number of nitrogens with one attached hydrogen (secondary N) is 1. The van der Waals surface area contributed by atoms with Gasteiger partial charge in [-0.05, 0) is 62.2 Å². The molecule has 1 aliphatic carbocycles. The van der Waals surface area contributed by atoms with Crippen LogP contribution in [0.15, 0.2) is 29.8 Å². The maximum Gasteiger partial charge on any atom is 0.243 e. The second-order valence-corrected chi connectivity index (χ2v) is 7.72. The average molecular weight is 342 g/mol. The predicted octanol–water partition coefficient (Wildman–Crippen LogP) is 2.85. The number of fused-ring (bicyclic) bond motifs is 2. The Labute approximate surface area is 146 Å². The fraction of sp³-hybridized carbons (Fsp3) is 0.500. The largest absolute Gasteiger partial charge is 0.299 e. The molecular formula is C18H22N4OS. The Hall–Kier alpha value is -1.79. The van der Waals surface area contributed by atoms with Gasteiger partial charge in [-0.25, -0.2) is 0 Å². The van der Waals surface area contributed by atoms with Gasteiger partial charge in [0.15, 0.2) is 0 Å². The lowest BCUT2D eigenvalue weighted by molar-refractivity contribution is -0.121. The minimum atomic E-state index is -0.136.